The third kappa shape index (κ3) is 3.43. The van der Waals surface area contributed by atoms with Gasteiger partial charge in [0, 0.05) is 27.3 Å². The monoisotopic (exact) mass is 293 g/mol. The van der Waals surface area contributed by atoms with Gasteiger partial charge in [0.15, 0.2) is 0 Å². The van der Waals surface area contributed by atoms with E-state index in [1.165, 1.54) is 11.3 Å². The van der Waals surface area contributed by atoms with Crippen molar-refractivity contribution in [2.45, 2.75) is 13.3 Å². The van der Waals surface area contributed by atoms with Gasteiger partial charge >= 0.3 is 0 Å². The van der Waals surface area contributed by atoms with Gasteiger partial charge in [0.25, 0.3) is 0 Å². The van der Waals surface area contributed by atoms with Crippen molar-refractivity contribution >= 4 is 29.0 Å². The van der Waals surface area contributed by atoms with E-state index in [4.69, 9.17) is 11.6 Å². The average molecular weight is 294 g/mol. The van der Waals surface area contributed by atoms with E-state index in [1.807, 2.05) is 36.4 Å². The third-order valence-electron chi connectivity index (χ3n) is 2.66. The molecule has 0 aliphatic heterocycles. The van der Waals surface area contributed by atoms with Crippen molar-refractivity contribution in [3.63, 3.8) is 0 Å². The molecular weight excluding hydrogens is 282 g/mol. The molecule has 0 fully saturated rings. The minimum absolute atomic E-state index is 0.226. The number of allylic oxidation sites excluding steroid dienone is 1. The van der Waals surface area contributed by atoms with Crippen molar-refractivity contribution in [3.05, 3.63) is 62.1 Å². The number of hydrogen-bond acceptors (Lipinski definition) is 3. The molecule has 0 bridgehead atoms. The molecule has 5 heteroatoms. The molecule has 0 aliphatic rings. The summed E-state index contributed by atoms with van der Waals surface area (Å²) in [6.45, 7) is 1.78. The lowest BCUT2D eigenvalue weighted by molar-refractivity contribution is -0.425. The van der Waals surface area contributed by atoms with Gasteiger partial charge in [-0.25, -0.2) is 0 Å². The van der Waals surface area contributed by atoms with Crippen LogP contribution < -0.4 is 0 Å². The third-order valence-corrected chi connectivity index (χ3v) is 3.99. The van der Waals surface area contributed by atoms with Gasteiger partial charge in [0.1, 0.15) is 0 Å². The average Bonchev–Trinajstić information content (AvgIpc) is 2.85. The van der Waals surface area contributed by atoms with Crippen molar-refractivity contribution < 1.29 is 4.92 Å². The molecule has 1 aromatic heterocycles. The minimum atomic E-state index is -0.332. The van der Waals surface area contributed by atoms with Crippen LogP contribution in [-0.4, -0.2) is 4.92 Å². The van der Waals surface area contributed by atoms with Gasteiger partial charge in [0.2, 0.25) is 5.70 Å². The van der Waals surface area contributed by atoms with Crippen molar-refractivity contribution in [2.24, 2.45) is 0 Å². The fourth-order valence-corrected chi connectivity index (χ4v) is 2.75. The predicted molar refractivity (Wildman–Crippen MR) is 80.0 cm³/mol. The molecule has 3 nitrogen and oxygen atoms in total. The van der Waals surface area contributed by atoms with Crippen LogP contribution in [0.5, 0.6) is 0 Å². The van der Waals surface area contributed by atoms with E-state index in [9.17, 15) is 10.1 Å². The minimum Gasteiger partial charge on any atom is -0.259 e. The van der Waals surface area contributed by atoms with Gasteiger partial charge in [-0.15, -0.1) is 11.3 Å². The highest BCUT2D eigenvalue weighted by Gasteiger charge is 2.09. The second kappa shape index (κ2) is 5.99. The van der Waals surface area contributed by atoms with E-state index in [0.29, 0.717) is 11.4 Å². The van der Waals surface area contributed by atoms with E-state index in [-0.39, 0.29) is 10.6 Å². The summed E-state index contributed by atoms with van der Waals surface area (Å²) in [6, 6.07) is 11.4. The summed E-state index contributed by atoms with van der Waals surface area (Å²) < 4.78 is 0. The van der Waals surface area contributed by atoms with E-state index < -0.39 is 0 Å². The molecule has 0 radical (unpaired) electrons. The molecule has 0 N–H and O–H groups in total. The summed E-state index contributed by atoms with van der Waals surface area (Å²) in [5.74, 6) is 0. The van der Waals surface area contributed by atoms with Gasteiger partial charge in [-0.1, -0.05) is 30.7 Å². The Morgan fingerprint density at radius 2 is 2.00 bits per heavy atom. The lowest BCUT2D eigenvalue weighted by Gasteiger charge is -1.96. The van der Waals surface area contributed by atoms with E-state index in [2.05, 4.69) is 0 Å². The molecule has 0 atom stereocenters. The first kappa shape index (κ1) is 13.8. The molecule has 0 amide bonds. The van der Waals surface area contributed by atoms with Crippen molar-refractivity contribution in [1.29, 1.82) is 0 Å². The lowest BCUT2D eigenvalue weighted by atomic mass is 10.2. The summed E-state index contributed by atoms with van der Waals surface area (Å²) in [7, 11) is 0. The van der Waals surface area contributed by atoms with Crippen molar-refractivity contribution in [1.82, 2.24) is 0 Å². The topological polar surface area (TPSA) is 43.1 Å². The van der Waals surface area contributed by atoms with Crippen LogP contribution >= 0.6 is 22.9 Å². The number of hydrogen-bond donors (Lipinski definition) is 0. The number of benzene rings is 1. The first-order chi connectivity index (χ1) is 9.10. The van der Waals surface area contributed by atoms with Crippen molar-refractivity contribution in [3.8, 4) is 10.4 Å². The zero-order chi connectivity index (χ0) is 13.8. The van der Waals surface area contributed by atoms with Crippen LogP contribution in [0.15, 0.2) is 42.1 Å². The Bertz CT molecular complexity index is 617. The Morgan fingerprint density at radius 3 is 2.58 bits per heavy atom. The predicted octanol–water partition coefficient (Wildman–Crippen LogP) is 5.10. The second-order valence-corrected chi connectivity index (χ2v) is 5.51. The van der Waals surface area contributed by atoms with E-state index in [0.717, 1.165) is 15.3 Å². The van der Waals surface area contributed by atoms with Crippen LogP contribution in [0, 0.1) is 10.1 Å². The van der Waals surface area contributed by atoms with Crippen molar-refractivity contribution in [2.75, 3.05) is 0 Å². The van der Waals surface area contributed by atoms with Crippen LogP contribution in [0.3, 0.4) is 0 Å². The molecule has 1 heterocycles. The van der Waals surface area contributed by atoms with E-state index in [1.54, 1.807) is 13.0 Å². The van der Waals surface area contributed by atoms with Crippen LogP contribution in [0.2, 0.25) is 5.02 Å². The standard InChI is InChI=1S/C14H12ClNO2S/c1-2-12(16(17)18)9-13-7-8-14(19-13)10-3-5-11(15)6-4-10/h3-9H,2H2,1H3/b12-9+. The Hall–Kier alpha value is -1.65. The molecule has 2 aromatic rings. The highest BCUT2D eigenvalue weighted by Crippen LogP contribution is 2.30. The number of nitrogens with zero attached hydrogens (tertiary/aromatic N) is 1. The fraction of sp³-hybridized carbons (Fsp3) is 0.143. The highest BCUT2D eigenvalue weighted by atomic mass is 35.5. The molecule has 0 saturated heterocycles. The normalized spacial score (nSPS) is 11.6. The smallest absolute Gasteiger partial charge is 0.247 e. The van der Waals surface area contributed by atoms with Crippen LogP contribution in [0.4, 0.5) is 0 Å². The Morgan fingerprint density at radius 1 is 1.32 bits per heavy atom. The Balaban J connectivity index is 2.29. The molecule has 19 heavy (non-hydrogen) atoms. The lowest BCUT2D eigenvalue weighted by Crippen LogP contribution is -1.95. The molecular formula is C14H12ClNO2S. The van der Waals surface area contributed by atoms with Gasteiger partial charge < -0.3 is 0 Å². The maximum Gasteiger partial charge on any atom is 0.247 e. The number of halogens is 1. The second-order valence-electron chi connectivity index (χ2n) is 3.96. The van der Waals surface area contributed by atoms with Gasteiger partial charge in [-0.05, 0) is 29.8 Å². The van der Waals surface area contributed by atoms with Gasteiger partial charge in [-0.3, -0.25) is 10.1 Å². The molecule has 0 spiro atoms. The maximum atomic E-state index is 10.8. The molecule has 98 valence electrons. The van der Waals surface area contributed by atoms with Gasteiger partial charge in [-0.2, -0.15) is 0 Å². The Labute approximate surface area is 120 Å². The molecule has 0 aliphatic carbocycles. The number of rotatable bonds is 4. The quantitative estimate of drug-likeness (QED) is 0.581. The molecule has 0 saturated carbocycles. The molecule has 0 unspecified atom stereocenters. The van der Waals surface area contributed by atoms with Crippen LogP contribution in [-0.2, 0) is 0 Å². The van der Waals surface area contributed by atoms with Gasteiger partial charge in [0.05, 0.1) is 4.92 Å². The fourth-order valence-electron chi connectivity index (χ4n) is 1.65. The summed E-state index contributed by atoms with van der Waals surface area (Å²) in [5, 5.41) is 11.5. The Kier molecular flexibility index (Phi) is 4.35. The number of thiophene rings is 1. The SMILES string of the molecule is CC/C(=C\c1ccc(-c2ccc(Cl)cc2)s1)[N+](=O)[O-]. The summed E-state index contributed by atoms with van der Waals surface area (Å²) >= 11 is 7.37. The maximum absolute atomic E-state index is 10.8. The number of nitro groups is 1. The first-order valence-electron chi connectivity index (χ1n) is 5.81. The van der Waals surface area contributed by atoms with Crippen LogP contribution in [0.25, 0.3) is 16.5 Å². The molecule has 1 aromatic carbocycles. The highest BCUT2D eigenvalue weighted by molar-refractivity contribution is 7.16. The zero-order valence-electron chi connectivity index (χ0n) is 10.3. The largest absolute Gasteiger partial charge is 0.259 e. The van der Waals surface area contributed by atoms with E-state index >= 15 is 0 Å². The summed E-state index contributed by atoms with van der Waals surface area (Å²) in [4.78, 5) is 12.4. The first-order valence-corrected chi connectivity index (χ1v) is 7.00. The van der Waals surface area contributed by atoms with Crippen LogP contribution in [0.1, 0.15) is 18.2 Å². The zero-order valence-corrected chi connectivity index (χ0v) is 11.9. The summed E-state index contributed by atoms with van der Waals surface area (Å²) in [5.41, 5.74) is 1.29. The molecule has 2 rings (SSSR count). The summed E-state index contributed by atoms with van der Waals surface area (Å²) in [6.07, 6.45) is 2.05.